The van der Waals surface area contributed by atoms with Gasteiger partial charge in [0.1, 0.15) is 11.0 Å². The van der Waals surface area contributed by atoms with Crippen molar-refractivity contribution in [1.29, 1.82) is 0 Å². The Morgan fingerprint density at radius 1 is 1.55 bits per heavy atom. The summed E-state index contributed by atoms with van der Waals surface area (Å²) in [7, 11) is -1.03. The lowest BCUT2D eigenvalue weighted by Crippen LogP contribution is -2.01. The molecule has 0 saturated carbocycles. The summed E-state index contributed by atoms with van der Waals surface area (Å²) in [5.41, 5.74) is 6.95. The van der Waals surface area contributed by atoms with Gasteiger partial charge in [0.15, 0.2) is 0 Å². The minimum atomic E-state index is -1.03. The van der Waals surface area contributed by atoms with E-state index in [2.05, 4.69) is 4.72 Å². The number of hydrogen-bond acceptors (Lipinski definition) is 2. The van der Waals surface area contributed by atoms with Crippen molar-refractivity contribution in [2.75, 3.05) is 16.7 Å². The first-order chi connectivity index (χ1) is 5.18. The molecule has 0 bridgehead atoms. The molecule has 1 unspecified atom stereocenters. The van der Waals surface area contributed by atoms with Crippen molar-refractivity contribution in [3.05, 3.63) is 24.3 Å². The van der Waals surface area contributed by atoms with Crippen LogP contribution in [0.5, 0.6) is 0 Å². The molecule has 4 heteroatoms. The molecular weight excluding hydrogens is 160 g/mol. The van der Waals surface area contributed by atoms with Crippen LogP contribution in [0.1, 0.15) is 0 Å². The fourth-order valence-electron chi connectivity index (χ4n) is 0.768. The zero-order valence-corrected chi connectivity index (χ0v) is 7.02. The quantitative estimate of drug-likeness (QED) is 0.650. The standard InChI is InChI=1S/C7H10N2OS/c1-11(10)9-7-4-2-3-6(8)5-7/h2-5,9H,8H2,1H3. The molecule has 0 aliphatic rings. The van der Waals surface area contributed by atoms with Gasteiger partial charge in [-0.3, -0.25) is 0 Å². The first kappa shape index (κ1) is 8.07. The van der Waals surface area contributed by atoms with Crippen molar-refractivity contribution >= 4 is 22.4 Å². The van der Waals surface area contributed by atoms with Crippen LogP contribution in [0.15, 0.2) is 24.3 Å². The van der Waals surface area contributed by atoms with Gasteiger partial charge in [0.05, 0.1) is 0 Å². The molecule has 3 N–H and O–H groups in total. The van der Waals surface area contributed by atoms with Gasteiger partial charge < -0.3 is 10.5 Å². The van der Waals surface area contributed by atoms with Gasteiger partial charge in [-0.15, -0.1) is 0 Å². The molecule has 3 nitrogen and oxygen atoms in total. The van der Waals surface area contributed by atoms with E-state index in [4.69, 9.17) is 5.73 Å². The van der Waals surface area contributed by atoms with Crippen molar-refractivity contribution in [1.82, 2.24) is 0 Å². The highest BCUT2D eigenvalue weighted by Gasteiger charge is 1.92. The fourth-order valence-corrected chi connectivity index (χ4v) is 1.23. The van der Waals surface area contributed by atoms with Gasteiger partial charge in [0, 0.05) is 17.6 Å². The highest BCUT2D eigenvalue weighted by Crippen LogP contribution is 2.11. The van der Waals surface area contributed by atoms with Gasteiger partial charge >= 0.3 is 0 Å². The van der Waals surface area contributed by atoms with Crippen molar-refractivity contribution in [3.63, 3.8) is 0 Å². The van der Waals surface area contributed by atoms with E-state index in [1.165, 1.54) is 0 Å². The molecule has 0 aromatic heterocycles. The first-order valence-corrected chi connectivity index (χ1v) is 4.70. The van der Waals surface area contributed by atoms with E-state index in [1.807, 2.05) is 12.1 Å². The van der Waals surface area contributed by atoms with Gasteiger partial charge in [0.25, 0.3) is 0 Å². The molecule has 1 aromatic rings. The molecule has 0 aliphatic carbocycles. The summed E-state index contributed by atoms with van der Waals surface area (Å²) >= 11 is 0. The number of nitrogens with one attached hydrogen (secondary N) is 1. The lowest BCUT2D eigenvalue weighted by molar-refractivity contribution is 0.690. The monoisotopic (exact) mass is 170 g/mol. The zero-order valence-electron chi connectivity index (χ0n) is 6.20. The van der Waals surface area contributed by atoms with Crippen LogP contribution in [0.4, 0.5) is 11.4 Å². The van der Waals surface area contributed by atoms with Crippen LogP contribution in [-0.2, 0) is 11.0 Å². The Hall–Kier alpha value is -1.03. The maximum atomic E-state index is 10.7. The molecular formula is C7H10N2OS. The van der Waals surface area contributed by atoms with E-state index < -0.39 is 11.0 Å². The SMILES string of the molecule is CS(=O)Nc1cccc(N)c1. The predicted octanol–water partition coefficient (Wildman–Crippen LogP) is 0.974. The first-order valence-electron chi connectivity index (χ1n) is 3.14. The lowest BCUT2D eigenvalue weighted by atomic mass is 10.3. The highest BCUT2D eigenvalue weighted by molar-refractivity contribution is 7.85. The second kappa shape index (κ2) is 3.39. The van der Waals surface area contributed by atoms with Crippen LogP contribution in [0.2, 0.25) is 0 Å². The van der Waals surface area contributed by atoms with E-state index in [9.17, 15) is 4.21 Å². The number of hydrogen-bond donors (Lipinski definition) is 2. The summed E-state index contributed by atoms with van der Waals surface area (Å²) in [6.07, 6.45) is 1.57. The van der Waals surface area contributed by atoms with E-state index >= 15 is 0 Å². The molecule has 0 spiro atoms. The van der Waals surface area contributed by atoms with Crippen molar-refractivity contribution in [3.8, 4) is 0 Å². The number of nitrogen functional groups attached to an aromatic ring is 1. The summed E-state index contributed by atoms with van der Waals surface area (Å²) < 4.78 is 13.4. The van der Waals surface area contributed by atoms with Crippen LogP contribution in [-0.4, -0.2) is 10.5 Å². The molecule has 1 rings (SSSR count). The molecule has 0 saturated heterocycles. The number of nitrogens with two attached hydrogens (primary N) is 1. The number of benzene rings is 1. The zero-order chi connectivity index (χ0) is 8.27. The van der Waals surface area contributed by atoms with Crippen LogP contribution < -0.4 is 10.5 Å². The summed E-state index contributed by atoms with van der Waals surface area (Å²) in [5.74, 6) is 0. The molecule has 1 atom stereocenters. The number of rotatable bonds is 2. The summed E-state index contributed by atoms with van der Waals surface area (Å²) in [4.78, 5) is 0. The second-order valence-corrected chi connectivity index (χ2v) is 3.29. The Labute approximate surface area is 68.2 Å². The van der Waals surface area contributed by atoms with Crippen LogP contribution in [0.25, 0.3) is 0 Å². The largest absolute Gasteiger partial charge is 0.399 e. The van der Waals surface area contributed by atoms with Crippen LogP contribution in [0, 0.1) is 0 Å². The third-order valence-corrected chi connectivity index (χ3v) is 1.67. The normalized spacial score (nSPS) is 12.5. The van der Waals surface area contributed by atoms with Crippen molar-refractivity contribution in [2.45, 2.75) is 0 Å². The maximum Gasteiger partial charge on any atom is 0.113 e. The molecule has 1 aromatic carbocycles. The average molecular weight is 170 g/mol. The molecule has 0 aliphatic heterocycles. The van der Waals surface area contributed by atoms with Gasteiger partial charge in [-0.05, 0) is 18.2 Å². The maximum absolute atomic E-state index is 10.7. The van der Waals surface area contributed by atoms with Crippen LogP contribution >= 0.6 is 0 Å². The Bertz CT molecular complexity index is 275. The van der Waals surface area contributed by atoms with E-state index in [0.717, 1.165) is 5.69 Å². The third-order valence-electron chi connectivity index (χ3n) is 1.15. The molecule has 60 valence electrons. The Kier molecular flexibility index (Phi) is 2.48. The van der Waals surface area contributed by atoms with E-state index in [1.54, 1.807) is 18.4 Å². The average Bonchev–Trinajstić information content (AvgIpc) is 1.85. The van der Waals surface area contributed by atoms with Gasteiger partial charge in [-0.1, -0.05) is 6.07 Å². The van der Waals surface area contributed by atoms with Crippen molar-refractivity contribution < 1.29 is 4.21 Å². The van der Waals surface area contributed by atoms with E-state index in [-0.39, 0.29) is 0 Å². The Balaban J connectivity index is 2.79. The topological polar surface area (TPSA) is 55.1 Å². The van der Waals surface area contributed by atoms with Gasteiger partial charge in [-0.25, -0.2) is 4.21 Å². The Morgan fingerprint density at radius 2 is 2.27 bits per heavy atom. The van der Waals surface area contributed by atoms with Crippen molar-refractivity contribution in [2.24, 2.45) is 0 Å². The van der Waals surface area contributed by atoms with E-state index in [0.29, 0.717) is 5.69 Å². The summed E-state index contributed by atoms with van der Waals surface area (Å²) in [6, 6.07) is 7.15. The summed E-state index contributed by atoms with van der Waals surface area (Å²) in [5, 5.41) is 0. The highest BCUT2D eigenvalue weighted by atomic mass is 32.2. The molecule has 11 heavy (non-hydrogen) atoms. The fraction of sp³-hybridized carbons (Fsp3) is 0.143. The minimum absolute atomic E-state index is 0.667. The Morgan fingerprint density at radius 3 is 2.82 bits per heavy atom. The predicted molar refractivity (Wildman–Crippen MR) is 48.5 cm³/mol. The van der Waals surface area contributed by atoms with Gasteiger partial charge in [-0.2, -0.15) is 0 Å². The van der Waals surface area contributed by atoms with Crippen LogP contribution in [0.3, 0.4) is 0 Å². The molecule has 0 amide bonds. The summed E-state index contributed by atoms with van der Waals surface area (Å²) in [6.45, 7) is 0. The third kappa shape index (κ3) is 2.59. The smallest absolute Gasteiger partial charge is 0.113 e. The lowest BCUT2D eigenvalue weighted by Gasteiger charge is -2.01. The molecule has 0 radical (unpaired) electrons. The molecule has 0 fully saturated rings. The van der Waals surface area contributed by atoms with Gasteiger partial charge in [0.2, 0.25) is 0 Å². The number of anilines is 2. The minimum Gasteiger partial charge on any atom is -0.399 e. The molecule has 0 heterocycles. The second-order valence-electron chi connectivity index (χ2n) is 2.18.